The zero-order valence-electron chi connectivity index (χ0n) is 15.5. The number of hydrogen-bond acceptors (Lipinski definition) is 3. The van der Waals surface area contributed by atoms with Gasteiger partial charge in [0.25, 0.3) is 5.91 Å². The van der Waals surface area contributed by atoms with Gasteiger partial charge < -0.3 is 9.88 Å². The van der Waals surface area contributed by atoms with E-state index in [4.69, 9.17) is 5.26 Å². The summed E-state index contributed by atoms with van der Waals surface area (Å²) in [6, 6.07) is 13.8. The lowest BCUT2D eigenvalue weighted by Crippen LogP contribution is -2.16. The predicted molar refractivity (Wildman–Crippen MR) is 108 cm³/mol. The van der Waals surface area contributed by atoms with Gasteiger partial charge in [0.1, 0.15) is 5.82 Å². The molecule has 0 radical (unpaired) electrons. The van der Waals surface area contributed by atoms with Gasteiger partial charge in [-0.05, 0) is 51.1 Å². The Morgan fingerprint density at radius 1 is 1.22 bits per heavy atom. The molecule has 0 aliphatic rings. The van der Waals surface area contributed by atoms with Crippen LogP contribution < -0.4 is 5.32 Å². The molecule has 0 spiro atoms. The van der Waals surface area contributed by atoms with Crippen LogP contribution in [0.2, 0.25) is 0 Å². The van der Waals surface area contributed by atoms with Crippen LogP contribution in [0.25, 0.3) is 5.69 Å². The van der Waals surface area contributed by atoms with Crippen molar-refractivity contribution in [3.63, 3.8) is 0 Å². The van der Waals surface area contributed by atoms with E-state index < -0.39 is 0 Å². The summed E-state index contributed by atoms with van der Waals surface area (Å²) in [5.41, 5.74) is 4.26. The number of aromatic nitrogens is 3. The smallest absolute Gasteiger partial charge is 0.258 e. The first kappa shape index (κ1) is 18.9. The average molecular weight is 426 g/mol. The van der Waals surface area contributed by atoms with Gasteiger partial charge in [-0.15, -0.1) is 0 Å². The molecule has 7 heteroatoms. The van der Waals surface area contributed by atoms with Crippen molar-refractivity contribution >= 4 is 27.7 Å². The second-order valence-electron chi connectivity index (χ2n) is 6.35. The minimum Gasteiger partial charge on any atom is -0.318 e. The third kappa shape index (κ3) is 3.96. The highest BCUT2D eigenvalue weighted by Crippen LogP contribution is 2.23. The van der Waals surface area contributed by atoms with Crippen LogP contribution >= 0.6 is 15.9 Å². The van der Waals surface area contributed by atoms with E-state index in [-0.39, 0.29) is 5.91 Å². The van der Waals surface area contributed by atoms with Crippen LogP contribution in [0.15, 0.2) is 40.9 Å². The number of nitrogens with one attached hydrogen (secondary N) is 1. The van der Waals surface area contributed by atoms with Gasteiger partial charge in [-0.25, -0.2) is 4.68 Å². The van der Waals surface area contributed by atoms with Gasteiger partial charge in [-0.1, -0.05) is 15.9 Å². The van der Waals surface area contributed by atoms with E-state index in [1.54, 1.807) is 4.68 Å². The molecule has 0 fully saturated rings. The van der Waals surface area contributed by atoms with Gasteiger partial charge >= 0.3 is 0 Å². The van der Waals surface area contributed by atoms with Gasteiger partial charge in [0.05, 0.1) is 30.3 Å². The van der Waals surface area contributed by atoms with Crippen molar-refractivity contribution in [2.75, 3.05) is 5.32 Å². The van der Waals surface area contributed by atoms with Crippen molar-refractivity contribution < 1.29 is 4.79 Å². The van der Waals surface area contributed by atoms with E-state index in [0.29, 0.717) is 24.3 Å². The SMILES string of the molecule is Cc1cc(NC(=O)c2cc(C)n(-c3ccc(Br)cc3)c2C)n(CCC#N)n1. The van der Waals surface area contributed by atoms with E-state index in [1.807, 2.05) is 57.2 Å². The molecule has 0 saturated heterocycles. The Morgan fingerprint density at radius 3 is 2.59 bits per heavy atom. The molecule has 2 aromatic heterocycles. The van der Waals surface area contributed by atoms with Gasteiger partial charge in [0, 0.05) is 27.6 Å². The number of nitrogens with zero attached hydrogens (tertiary/aromatic N) is 4. The first-order valence-corrected chi connectivity index (χ1v) is 9.37. The second kappa shape index (κ2) is 7.80. The molecule has 0 atom stereocenters. The first-order chi connectivity index (χ1) is 12.9. The molecule has 138 valence electrons. The van der Waals surface area contributed by atoms with Crippen molar-refractivity contribution in [3.05, 3.63) is 63.5 Å². The Bertz CT molecular complexity index is 1020. The highest BCUT2D eigenvalue weighted by molar-refractivity contribution is 9.10. The number of rotatable bonds is 5. The number of amides is 1. The molecule has 2 heterocycles. The van der Waals surface area contributed by atoms with Gasteiger partial charge in [-0.2, -0.15) is 10.4 Å². The maximum Gasteiger partial charge on any atom is 0.258 e. The molecule has 1 amide bonds. The third-order valence-electron chi connectivity index (χ3n) is 4.34. The molecule has 0 bridgehead atoms. The van der Waals surface area contributed by atoms with Crippen LogP contribution in [0.5, 0.6) is 0 Å². The summed E-state index contributed by atoms with van der Waals surface area (Å²) in [4.78, 5) is 12.9. The Kier molecular flexibility index (Phi) is 5.47. The molecule has 27 heavy (non-hydrogen) atoms. The molecule has 0 aliphatic carbocycles. The summed E-state index contributed by atoms with van der Waals surface area (Å²) in [6.07, 6.45) is 0.335. The van der Waals surface area contributed by atoms with Gasteiger partial charge in [0.2, 0.25) is 0 Å². The lowest BCUT2D eigenvalue weighted by molar-refractivity contribution is 0.102. The minimum atomic E-state index is -0.190. The van der Waals surface area contributed by atoms with Gasteiger partial charge in [0.15, 0.2) is 0 Å². The molecule has 1 aromatic carbocycles. The first-order valence-electron chi connectivity index (χ1n) is 8.58. The number of benzene rings is 1. The predicted octanol–water partition coefficient (Wildman–Crippen LogP) is 4.53. The monoisotopic (exact) mass is 425 g/mol. The van der Waals surface area contributed by atoms with E-state index in [0.717, 1.165) is 27.2 Å². The quantitative estimate of drug-likeness (QED) is 0.652. The van der Waals surface area contributed by atoms with Crippen LogP contribution in [0.4, 0.5) is 5.82 Å². The fraction of sp³-hybridized carbons (Fsp3) is 0.250. The number of aryl methyl sites for hydroxylation is 3. The largest absolute Gasteiger partial charge is 0.318 e. The van der Waals surface area contributed by atoms with Gasteiger partial charge in [-0.3, -0.25) is 4.79 Å². The van der Waals surface area contributed by atoms with E-state index in [9.17, 15) is 4.79 Å². The van der Waals surface area contributed by atoms with Crippen molar-refractivity contribution in [2.45, 2.75) is 33.7 Å². The summed E-state index contributed by atoms with van der Waals surface area (Å²) in [6.45, 7) is 6.21. The Hall–Kier alpha value is -2.85. The Morgan fingerprint density at radius 2 is 1.93 bits per heavy atom. The average Bonchev–Trinajstić information content (AvgIpc) is 3.13. The molecule has 3 aromatic rings. The standard InChI is InChI=1S/C20H20BrN5O/c1-13-11-19(25(24-13)10-4-9-22)23-20(27)18-12-14(2)26(15(18)3)17-7-5-16(21)6-8-17/h5-8,11-12H,4,10H2,1-3H3,(H,23,27). The summed E-state index contributed by atoms with van der Waals surface area (Å²) in [5.74, 6) is 0.408. The number of carbonyl (C=O) groups excluding carboxylic acids is 1. The van der Waals surface area contributed by atoms with Crippen LogP contribution in [-0.4, -0.2) is 20.3 Å². The number of hydrogen-bond donors (Lipinski definition) is 1. The van der Waals surface area contributed by atoms with Crippen LogP contribution in [-0.2, 0) is 6.54 Å². The van der Waals surface area contributed by atoms with Crippen molar-refractivity contribution in [3.8, 4) is 11.8 Å². The van der Waals surface area contributed by atoms with E-state index >= 15 is 0 Å². The zero-order chi connectivity index (χ0) is 19.6. The number of anilines is 1. The molecule has 0 unspecified atom stereocenters. The Labute approximate surface area is 166 Å². The van der Waals surface area contributed by atoms with Crippen LogP contribution in [0, 0.1) is 32.1 Å². The van der Waals surface area contributed by atoms with E-state index in [2.05, 4.69) is 37.0 Å². The summed E-state index contributed by atoms with van der Waals surface area (Å²) in [5, 5.41) is 16.1. The highest BCUT2D eigenvalue weighted by Gasteiger charge is 2.18. The fourth-order valence-corrected chi connectivity index (χ4v) is 3.40. The highest BCUT2D eigenvalue weighted by atomic mass is 79.9. The molecule has 0 saturated carbocycles. The number of nitriles is 1. The summed E-state index contributed by atoms with van der Waals surface area (Å²) < 4.78 is 4.72. The maximum absolute atomic E-state index is 12.9. The molecule has 6 nitrogen and oxygen atoms in total. The number of halogens is 1. The normalized spacial score (nSPS) is 10.6. The topological polar surface area (TPSA) is 75.6 Å². The summed E-state index contributed by atoms with van der Waals surface area (Å²) >= 11 is 3.45. The Balaban J connectivity index is 1.90. The lowest BCUT2D eigenvalue weighted by atomic mass is 10.2. The molecular weight excluding hydrogens is 406 g/mol. The van der Waals surface area contributed by atoms with E-state index in [1.165, 1.54) is 0 Å². The van der Waals surface area contributed by atoms with Crippen molar-refractivity contribution in [1.82, 2.24) is 14.3 Å². The van der Waals surface area contributed by atoms with Crippen LogP contribution in [0.1, 0.15) is 33.9 Å². The third-order valence-corrected chi connectivity index (χ3v) is 4.87. The van der Waals surface area contributed by atoms with Crippen LogP contribution in [0.3, 0.4) is 0 Å². The molecule has 0 aliphatic heterocycles. The second-order valence-corrected chi connectivity index (χ2v) is 7.27. The lowest BCUT2D eigenvalue weighted by Gasteiger charge is -2.11. The maximum atomic E-state index is 12.9. The summed E-state index contributed by atoms with van der Waals surface area (Å²) in [7, 11) is 0. The van der Waals surface area contributed by atoms with Crippen molar-refractivity contribution in [2.24, 2.45) is 0 Å². The minimum absolute atomic E-state index is 0.190. The number of carbonyl (C=O) groups is 1. The van der Waals surface area contributed by atoms with Crippen molar-refractivity contribution in [1.29, 1.82) is 5.26 Å². The zero-order valence-corrected chi connectivity index (χ0v) is 17.0. The molecular formula is C20H20BrN5O. The fourth-order valence-electron chi connectivity index (χ4n) is 3.14. The molecule has 3 rings (SSSR count). The molecule has 1 N–H and O–H groups in total.